The number of carbonyl (C=O) groups is 3. The Morgan fingerprint density at radius 2 is 1.75 bits per heavy atom. The lowest BCUT2D eigenvalue weighted by Gasteiger charge is -2.19. The average molecular weight is 283 g/mol. The summed E-state index contributed by atoms with van der Waals surface area (Å²) in [5.41, 5.74) is -0.821. The van der Waals surface area contributed by atoms with E-state index in [1.54, 1.807) is 20.8 Å². The Hall–Kier alpha value is -2.31. The van der Waals surface area contributed by atoms with Crippen LogP contribution in [0.3, 0.4) is 0 Å². The number of ether oxygens (including phenoxy) is 1. The van der Waals surface area contributed by atoms with Gasteiger partial charge in [0.15, 0.2) is 0 Å². The first-order valence-corrected chi connectivity index (χ1v) is 5.92. The van der Waals surface area contributed by atoms with E-state index in [1.807, 2.05) is 0 Å². The summed E-state index contributed by atoms with van der Waals surface area (Å²) < 4.78 is 5.15. The van der Waals surface area contributed by atoms with Crippen molar-refractivity contribution in [2.75, 3.05) is 0 Å². The Balaban J connectivity index is 3.25. The summed E-state index contributed by atoms with van der Waals surface area (Å²) in [4.78, 5) is 36.4. The van der Waals surface area contributed by atoms with Crippen LogP contribution < -0.4 is 0 Å². The van der Waals surface area contributed by atoms with Crippen LogP contribution in [0, 0.1) is 6.92 Å². The molecule has 0 radical (unpaired) electrons. The molecule has 0 aliphatic heterocycles. The molecule has 0 fully saturated rings. The maximum absolute atomic E-state index is 12.0. The SMILES string of the molecule is Cc1c(C(=O)OC(C)(C)C)[nH]c(CC(=O)O)c1C(=O)O. The fourth-order valence-corrected chi connectivity index (χ4v) is 1.77. The molecule has 3 N–H and O–H groups in total. The molecule has 0 aromatic carbocycles. The van der Waals surface area contributed by atoms with E-state index in [0.29, 0.717) is 0 Å². The number of H-pyrrole nitrogens is 1. The van der Waals surface area contributed by atoms with Crippen molar-refractivity contribution in [2.24, 2.45) is 0 Å². The lowest BCUT2D eigenvalue weighted by atomic mass is 10.1. The quantitative estimate of drug-likeness (QED) is 0.723. The molecule has 0 atom stereocenters. The first-order valence-electron chi connectivity index (χ1n) is 5.92. The van der Waals surface area contributed by atoms with Crippen molar-refractivity contribution >= 4 is 17.9 Å². The summed E-state index contributed by atoms with van der Waals surface area (Å²) >= 11 is 0. The van der Waals surface area contributed by atoms with Crippen molar-refractivity contribution in [3.05, 3.63) is 22.5 Å². The topological polar surface area (TPSA) is 117 Å². The Labute approximate surface area is 115 Å². The molecule has 1 rings (SSSR count). The number of carbonyl (C=O) groups excluding carboxylic acids is 1. The highest BCUT2D eigenvalue weighted by Gasteiger charge is 2.27. The van der Waals surface area contributed by atoms with Crippen molar-refractivity contribution in [2.45, 2.75) is 39.7 Å². The minimum atomic E-state index is -1.29. The number of nitrogens with one attached hydrogen (secondary N) is 1. The number of aromatic amines is 1. The highest BCUT2D eigenvalue weighted by Crippen LogP contribution is 2.22. The van der Waals surface area contributed by atoms with Gasteiger partial charge in [0.05, 0.1) is 12.0 Å². The fraction of sp³-hybridized carbons (Fsp3) is 0.462. The third kappa shape index (κ3) is 3.59. The second kappa shape index (κ2) is 5.36. The summed E-state index contributed by atoms with van der Waals surface area (Å²) in [5, 5.41) is 17.9. The van der Waals surface area contributed by atoms with E-state index in [4.69, 9.17) is 14.9 Å². The predicted molar refractivity (Wildman–Crippen MR) is 69.0 cm³/mol. The summed E-state index contributed by atoms with van der Waals surface area (Å²) in [6.45, 7) is 6.48. The number of hydrogen-bond acceptors (Lipinski definition) is 4. The highest BCUT2D eigenvalue weighted by molar-refractivity contribution is 5.98. The van der Waals surface area contributed by atoms with Crippen LogP contribution in [0.4, 0.5) is 0 Å². The number of rotatable bonds is 4. The summed E-state index contributed by atoms with van der Waals surface area (Å²) in [6.07, 6.45) is -0.509. The van der Waals surface area contributed by atoms with E-state index < -0.39 is 29.9 Å². The van der Waals surface area contributed by atoms with Gasteiger partial charge in [0.25, 0.3) is 0 Å². The molecule has 0 unspecified atom stereocenters. The Morgan fingerprint density at radius 1 is 1.20 bits per heavy atom. The molecule has 7 nitrogen and oxygen atoms in total. The largest absolute Gasteiger partial charge is 0.481 e. The van der Waals surface area contributed by atoms with Gasteiger partial charge in [-0.25, -0.2) is 9.59 Å². The molecular weight excluding hydrogens is 266 g/mol. The zero-order chi connectivity index (χ0) is 15.7. The van der Waals surface area contributed by atoms with Crippen LogP contribution in [-0.4, -0.2) is 38.7 Å². The van der Waals surface area contributed by atoms with E-state index in [1.165, 1.54) is 6.92 Å². The molecule has 0 aliphatic rings. The average Bonchev–Trinajstić information content (AvgIpc) is 2.51. The van der Waals surface area contributed by atoms with E-state index in [2.05, 4.69) is 4.98 Å². The number of carboxylic acids is 2. The van der Waals surface area contributed by atoms with Crippen LogP contribution in [0.1, 0.15) is 52.9 Å². The molecule has 0 aliphatic carbocycles. The zero-order valence-electron chi connectivity index (χ0n) is 11.7. The maximum Gasteiger partial charge on any atom is 0.355 e. The smallest absolute Gasteiger partial charge is 0.355 e. The molecular formula is C13H17NO6. The third-order valence-corrected chi connectivity index (χ3v) is 2.47. The van der Waals surface area contributed by atoms with Crippen molar-refractivity contribution in [3.63, 3.8) is 0 Å². The van der Waals surface area contributed by atoms with Gasteiger partial charge in [-0.05, 0) is 33.3 Å². The van der Waals surface area contributed by atoms with Crippen molar-refractivity contribution in [1.29, 1.82) is 0 Å². The van der Waals surface area contributed by atoms with Gasteiger partial charge in [-0.2, -0.15) is 0 Å². The number of aromatic carboxylic acids is 1. The molecule has 0 spiro atoms. The molecule has 0 saturated heterocycles. The van der Waals surface area contributed by atoms with Gasteiger partial charge in [-0.1, -0.05) is 0 Å². The first-order chi connectivity index (χ1) is 9.03. The molecule has 7 heteroatoms. The lowest BCUT2D eigenvalue weighted by Crippen LogP contribution is -2.24. The molecule has 20 heavy (non-hydrogen) atoms. The van der Waals surface area contributed by atoms with E-state index in [9.17, 15) is 14.4 Å². The fourth-order valence-electron chi connectivity index (χ4n) is 1.77. The summed E-state index contributed by atoms with van der Waals surface area (Å²) in [5.74, 6) is -3.19. The van der Waals surface area contributed by atoms with Crippen LogP contribution in [-0.2, 0) is 16.0 Å². The predicted octanol–water partition coefficient (Wildman–Crippen LogP) is 1.60. The normalized spacial score (nSPS) is 11.2. The van der Waals surface area contributed by atoms with Crippen LogP contribution in [0.2, 0.25) is 0 Å². The van der Waals surface area contributed by atoms with Gasteiger partial charge in [0.2, 0.25) is 0 Å². The van der Waals surface area contributed by atoms with Crippen LogP contribution in [0.15, 0.2) is 0 Å². The maximum atomic E-state index is 12.0. The molecule has 1 heterocycles. The minimum Gasteiger partial charge on any atom is -0.481 e. The number of aliphatic carboxylic acids is 1. The Morgan fingerprint density at radius 3 is 2.15 bits per heavy atom. The molecule has 0 amide bonds. The first kappa shape index (κ1) is 15.7. The summed E-state index contributed by atoms with van der Waals surface area (Å²) in [7, 11) is 0. The van der Waals surface area contributed by atoms with Crippen LogP contribution >= 0.6 is 0 Å². The van der Waals surface area contributed by atoms with Gasteiger partial charge in [0.1, 0.15) is 11.3 Å². The molecule has 110 valence electrons. The van der Waals surface area contributed by atoms with E-state index in [0.717, 1.165) is 0 Å². The molecule has 0 saturated carbocycles. The van der Waals surface area contributed by atoms with Gasteiger partial charge in [-0.3, -0.25) is 4.79 Å². The molecule has 1 aromatic rings. The van der Waals surface area contributed by atoms with Gasteiger partial charge < -0.3 is 19.9 Å². The minimum absolute atomic E-state index is 0.0247. The highest BCUT2D eigenvalue weighted by atomic mass is 16.6. The molecule has 1 aromatic heterocycles. The van der Waals surface area contributed by atoms with E-state index >= 15 is 0 Å². The summed E-state index contributed by atoms with van der Waals surface area (Å²) in [6, 6.07) is 0. The van der Waals surface area contributed by atoms with E-state index in [-0.39, 0.29) is 22.5 Å². The number of carboxylic acid groups (broad SMARTS) is 2. The second-order valence-electron chi connectivity index (χ2n) is 5.36. The van der Waals surface area contributed by atoms with Crippen molar-refractivity contribution in [3.8, 4) is 0 Å². The molecule has 0 bridgehead atoms. The third-order valence-electron chi connectivity index (χ3n) is 2.47. The lowest BCUT2D eigenvalue weighted by molar-refractivity contribution is -0.136. The van der Waals surface area contributed by atoms with Gasteiger partial charge in [-0.15, -0.1) is 0 Å². The number of aromatic nitrogens is 1. The van der Waals surface area contributed by atoms with Gasteiger partial charge in [0, 0.05) is 5.69 Å². The van der Waals surface area contributed by atoms with Crippen molar-refractivity contribution < 1.29 is 29.3 Å². The second-order valence-corrected chi connectivity index (χ2v) is 5.36. The van der Waals surface area contributed by atoms with Crippen LogP contribution in [0.25, 0.3) is 0 Å². The van der Waals surface area contributed by atoms with Crippen molar-refractivity contribution in [1.82, 2.24) is 4.98 Å². The van der Waals surface area contributed by atoms with Crippen LogP contribution in [0.5, 0.6) is 0 Å². The number of esters is 1. The number of hydrogen-bond donors (Lipinski definition) is 3. The Bertz CT molecular complexity index is 564. The Kier molecular flexibility index (Phi) is 4.22. The van der Waals surface area contributed by atoms with Gasteiger partial charge >= 0.3 is 17.9 Å². The zero-order valence-corrected chi connectivity index (χ0v) is 11.7. The monoisotopic (exact) mass is 283 g/mol. The standard InChI is InChI=1S/C13H17NO6/c1-6-9(11(17)18)7(5-8(15)16)14-10(6)12(19)20-13(2,3)4/h14H,5H2,1-4H3,(H,15,16)(H,17,18).